The van der Waals surface area contributed by atoms with E-state index in [2.05, 4.69) is 10.9 Å². The van der Waals surface area contributed by atoms with Crippen LogP contribution in [-0.4, -0.2) is 58.0 Å². The third-order valence-corrected chi connectivity index (χ3v) is 6.77. The van der Waals surface area contributed by atoms with Crippen LogP contribution in [0.25, 0.3) is 0 Å². The van der Waals surface area contributed by atoms with Crippen molar-refractivity contribution in [2.24, 2.45) is 0 Å². The standard InChI is InChI=1S/C20H22ClN3O6S/c1-29-17-7-2-14(12-18(17)31(27,28)24-8-10-30-11-9-24)13-19(25)22-23-20(26)15-3-5-16(21)6-4-15/h2-7,12H,8-11,13H2,1H3,(H,22,25)(H,23,26). The van der Waals surface area contributed by atoms with Crippen molar-refractivity contribution in [1.29, 1.82) is 0 Å². The number of ether oxygens (including phenoxy) is 2. The second-order valence-corrected chi connectivity index (χ2v) is 9.03. The van der Waals surface area contributed by atoms with Crippen LogP contribution in [0.5, 0.6) is 5.75 Å². The highest BCUT2D eigenvalue weighted by Gasteiger charge is 2.29. The van der Waals surface area contributed by atoms with Gasteiger partial charge in [-0.05, 0) is 42.0 Å². The van der Waals surface area contributed by atoms with Gasteiger partial charge in [0, 0.05) is 23.7 Å². The Labute approximate surface area is 185 Å². The molecule has 2 amide bonds. The largest absolute Gasteiger partial charge is 0.495 e. The summed E-state index contributed by atoms with van der Waals surface area (Å²) in [5, 5.41) is 0.489. The highest BCUT2D eigenvalue weighted by atomic mass is 35.5. The summed E-state index contributed by atoms with van der Waals surface area (Å²) in [7, 11) is -2.43. The van der Waals surface area contributed by atoms with Gasteiger partial charge >= 0.3 is 0 Å². The van der Waals surface area contributed by atoms with E-state index in [1.165, 1.54) is 35.7 Å². The Morgan fingerprint density at radius 3 is 2.42 bits per heavy atom. The number of morpholine rings is 1. The third kappa shape index (κ3) is 5.73. The van der Waals surface area contributed by atoms with Crippen LogP contribution in [0, 0.1) is 0 Å². The quantitative estimate of drug-likeness (QED) is 0.620. The maximum atomic E-state index is 13.0. The van der Waals surface area contributed by atoms with Gasteiger partial charge in [0.1, 0.15) is 10.6 Å². The minimum atomic E-state index is -3.81. The van der Waals surface area contributed by atoms with Crippen molar-refractivity contribution >= 4 is 33.4 Å². The zero-order valence-electron chi connectivity index (χ0n) is 16.8. The van der Waals surface area contributed by atoms with Gasteiger partial charge in [-0.15, -0.1) is 0 Å². The second kappa shape index (κ2) is 10.1. The summed E-state index contributed by atoms with van der Waals surface area (Å²) < 4.78 is 37.8. The first kappa shape index (κ1) is 23.0. The molecule has 1 saturated heterocycles. The molecule has 2 aromatic rings. The number of rotatable bonds is 6. The molecule has 11 heteroatoms. The van der Waals surface area contributed by atoms with Gasteiger partial charge in [-0.25, -0.2) is 8.42 Å². The number of sulfonamides is 1. The minimum absolute atomic E-state index is 0.0209. The molecule has 0 radical (unpaired) electrons. The van der Waals surface area contributed by atoms with E-state index >= 15 is 0 Å². The number of hydrazine groups is 1. The summed E-state index contributed by atoms with van der Waals surface area (Å²) in [6.07, 6.45) is -0.142. The Morgan fingerprint density at radius 2 is 1.77 bits per heavy atom. The topological polar surface area (TPSA) is 114 Å². The Kier molecular flexibility index (Phi) is 7.50. The number of nitrogens with one attached hydrogen (secondary N) is 2. The molecule has 1 aliphatic heterocycles. The normalized spacial score (nSPS) is 14.6. The van der Waals surface area contributed by atoms with Crippen molar-refractivity contribution in [1.82, 2.24) is 15.2 Å². The smallest absolute Gasteiger partial charge is 0.269 e. The summed E-state index contributed by atoms with van der Waals surface area (Å²) in [5.41, 5.74) is 5.40. The lowest BCUT2D eigenvalue weighted by molar-refractivity contribution is -0.121. The van der Waals surface area contributed by atoms with Gasteiger partial charge in [0.2, 0.25) is 15.9 Å². The first-order valence-electron chi connectivity index (χ1n) is 9.41. The van der Waals surface area contributed by atoms with Gasteiger partial charge in [-0.2, -0.15) is 4.31 Å². The fraction of sp³-hybridized carbons (Fsp3) is 0.300. The minimum Gasteiger partial charge on any atom is -0.495 e. The molecule has 2 aromatic carbocycles. The van der Waals surface area contributed by atoms with E-state index in [-0.39, 0.29) is 30.2 Å². The summed E-state index contributed by atoms with van der Waals surface area (Å²) in [4.78, 5) is 24.3. The summed E-state index contributed by atoms with van der Waals surface area (Å²) in [6, 6.07) is 10.7. The van der Waals surface area contributed by atoms with E-state index in [4.69, 9.17) is 21.1 Å². The summed E-state index contributed by atoms with van der Waals surface area (Å²) in [5.74, 6) is -0.829. The molecule has 1 heterocycles. The third-order valence-electron chi connectivity index (χ3n) is 4.60. The zero-order valence-corrected chi connectivity index (χ0v) is 18.3. The van der Waals surface area contributed by atoms with Gasteiger partial charge in [0.05, 0.1) is 26.7 Å². The van der Waals surface area contributed by atoms with E-state index in [0.29, 0.717) is 29.4 Å². The van der Waals surface area contributed by atoms with Gasteiger partial charge in [0.25, 0.3) is 5.91 Å². The van der Waals surface area contributed by atoms with E-state index < -0.39 is 21.8 Å². The number of carbonyl (C=O) groups is 2. The van der Waals surface area contributed by atoms with Gasteiger partial charge in [-0.1, -0.05) is 17.7 Å². The van der Waals surface area contributed by atoms with Crippen LogP contribution in [0.3, 0.4) is 0 Å². The van der Waals surface area contributed by atoms with Crippen LogP contribution >= 0.6 is 11.6 Å². The van der Waals surface area contributed by atoms with Crippen LogP contribution in [0.4, 0.5) is 0 Å². The Bertz CT molecular complexity index is 1050. The maximum Gasteiger partial charge on any atom is 0.269 e. The number of halogens is 1. The van der Waals surface area contributed by atoms with Crippen LogP contribution in [0.2, 0.25) is 5.02 Å². The first-order valence-corrected chi connectivity index (χ1v) is 11.2. The number of hydrogen-bond acceptors (Lipinski definition) is 6. The maximum absolute atomic E-state index is 13.0. The van der Waals surface area contributed by atoms with E-state index in [1.54, 1.807) is 18.2 Å². The van der Waals surface area contributed by atoms with Crippen molar-refractivity contribution in [3.05, 3.63) is 58.6 Å². The average Bonchev–Trinajstić information content (AvgIpc) is 2.78. The SMILES string of the molecule is COc1ccc(CC(=O)NNC(=O)c2ccc(Cl)cc2)cc1S(=O)(=O)N1CCOCC1. The van der Waals surface area contributed by atoms with Crippen molar-refractivity contribution < 1.29 is 27.5 Å². The zero-order chi connectivity index (χ0) is 22.4. The van der Waals surface area contributed by atoms with Crippen LogP contribution in [0.15, 0.2) is 47.4 Å². The Morgan fingerprint density at radius 1 is 1.10 bits per heavy atom. The lowest BCUT2D eigenvalue weighted by Crippen LogP contribution is -2.42. The van der Waals surface area contributed by atoms with E-state index in [9.17, 15) is 18.0 Å². The number of amides is 2. The van der Waals surface area contributed by atoms with Gasteiger partial charge in [-0.3, -0.25) is 20.4 Å². The predicted octanol–water partition coefficient (Wildman–Crippen LogP) is 1.37. The Hall–Kier alpha value is -2.66. The first-order chi connectivity index (χ1) is 14.8. The highest BCUT2D eigenvalue weighted by Crippen LogP contribution is 2.28. The van der Waals surface area contributed by atoms with E-state index in [0.717, 1.165) is 0 Å². The molecule has 166 valence electrons. The van der Waals surface area contributed by atoms with E-state index in [1.807, 2.05) is 0 Å². The number of nitrogens with zero attached hydrogens (tertiary/aromatic N) is 1. The molecule has 1 aliphatic rings. The number of carbonyl (C=O) groups excluding carboxylic acids is 2. The molecule has 0 spiro atoms. The molecule has 3 rings (SSSR count). The van der Waals surface area contributed by atoms with Crippen LogP contribution in [-0.2, 0) is 26.0 Å². The molecule has 31 heavy (non-hydrogen) atoms. The highest BCUT2D eigenvalue weighted by molar-refractivity contribution is 7.89. The predicted molar refractivity (Wildman–Crippen MR) is 113 cm³/mol. The van der Waals surface area contributed by atoms with Crippen molar-refractivity contribution in [3.8, 4) is 5.75 Å². The molecule has 0 aliphatic carbocycles. The van der Waals surface area contributed by atoms with Gasteiger partial charge in [0.15, 0.2) is 0 Å². The van der Waals surface area contributed by atoms with Gasteiger partial charge < -0.3 is 9.47 Å². The number of hydrogen-bond donors (Lipinski definition) is 2. The molecule has 1 fully saturated rings. The number of methoxy groups -OCH3 is 1. The molecule has 0 atom stereocenters. The second-order valence-electron chi connectivity index (χ2n) is 6.69. The summed E-state index contributed by atoms with van der Waals surface area (Å²) in [6.45, 7) is 1.12. The molecular weight excluding hydrogens is 446 g/mol. The number of benzene rings is 2. The molecular formula is C20H22ClN3O6S. The lowest BCUT2D eigenvalue weighted by atomic mass is 10.1. The fourth-order valence-electron chi connectivity index (χ4n) is 2.99. The van der Waals surface area contributed by atoms with Crippen LogP contribution < -0.4 is 15.6 Å². The fourth-order valence-corrected chi connectivity index (χ4v) is 4.73. The molecule has 0 unspecified atom stereocenters. The molecule has 0 bridgehead atoms. The van der Waals surface area contributed by atoms with Crippen molar-refractivity contribution in [2.75, 3.05) is 33.4 Å². The van der Waals surface area contributed by atoms with Crippen molar-refractivity contribution in [3.63, 3.8) is 0 Å². The molecule has 0 aromatic heterocycles. The van der Waals surface area contributed by atoms with Crippen LogP contribution in [0.1, 0.15) is 15.9 Å². The average molecular weight is 468 g/mol. The lowest BCUT2D eigenvalue weighted by Gasteiger charge is -2.26. The Balaban J connectivity index is 1.68. The molecule has 2 N–H and O–H groups in total. The summed E-state index contributed by atoms with van der Waals surface area (Å²) >= 11 is 5.79. The monoisotopic (exact) mass is 467 g/mol. The van der Waals surface area contributed by atoms with Crippen molar-refractivity contribution in [2.45, 2.75) is 11.3 Å². The molecule has 0 saturated carbocycles. The molecule has 9 nitrogen and oxygen atoms in total.